The number of anilines is 1. The molecule has 1 aliphatic rings. The highest BCUT2D eigenvalue weighted by atomic mass is 35.5. The van der Waals surface area contributed by atoms with Crippen molar-refractivity contribution in [1.82, 2.24) is 14.7 Å². The number of imidazole rings is 1. The number of amides is 1. The van der Waals surface area contributed by atoms with E-state index in [0.29, 0.717) is 41.0 Å². The van der Waals surface area contributed by atoms with Crippen LogP contribution in [0.2, 0.25) is 5.02 Å². The molecule has 37 heavy (non-hydrogen) atoms. The molecular weight excluding hydrogens is 491 g/mol. The topological polar surface area (TPSA) is 58.9 Å². The molecule has 0 aliphatic carbocycles. The molecule has 1 amide bonds. The van der Waals surface area contributed by atoms with Crippen molar-refractivity contribution in [2.45, 2.75) is 38.6 Å². The number of nitrogens with one attached hydrogen (secondary N) is 1. The highest BCUT2D eigenvalue weighted by Crippen LogP contribution is 2.31. The monoisotopic (exact) mass is 520 g/mol. The zero-order chi connectivity index (χ0) is 25.8. The molecule has 0 unspecified atom stereocenters. The number of aryl methyl sites for hydroxylation is 1. The van der Waals surface area contributed by atoms with Gasteiger partial charge < -0.3 is 15.0 Å². The van der Waals surface area contributed by atoms with Crippen molar-refractivity contribution in [2.24, 2.45) is 0 Å². The fourth-order valence-corrected chi connectivity index (χ4v) is 5.21. The second-order valence-corrected chi connectivity index (χ2v) is 9.71. The summed E-state index contributed by atoms with van der Waals surface area (Å²) in [7, 11) is 0. The Bertz CT molecular complexity index is 1380. The predicted octanol–water partition coefficient (Wildman–Crippen LogP) is 6.17. The molecule has 0 radical (unpaired) electrons. The number of alkyl halides is 1. The number of piperidine rings is 1. The molecule has 1 fully saturated rings. The van der Waals surface area contributed by atoms with Crippen LogP contribution in [-0.4, -0.2) is 35.2 Å². The van der Waals surface area contributed by atoms with Gasteiger partial charge in [0.1, 0.15) is 17.1 Å². The summed E-state index contributed by atoms with van der Waals surface area (Å²) in [5.41, 5.74) is 5.46. The van der Waals surface area contributed by atoms with E-state index in [1.54, 1.807) is 16.7 Å². The first-order valence-corrected chi connectivity index (χ1v) is 13.0. The predicted molar refractivity (Wildman–Crippen MR) is 144 cm³/mol. The van der Waals surface area contributed by atoms with E-state index >= 15 is 0 Å². The third-order valence-corrected chi connectivity index (χ3v) is 7.22. The Labute approximate surface area is 221 Å². The minimum Gasteiger partial charge on any atom is -0.463 e. The smallest absolute Gasteiger partial charge is 0.270 e. The van der Waals surface area contributed by atoms with Gasteiger partial charge in [0.2, 0.25) is 6.86 Å². The molecule has 4 aromatic rings. The Kier molecular flexibility index (Phi) is 7.60. The van der Waals surface area contributed by atoms with Gasteiger partial charge in [-0.3, -0.25) is 9.20 Å². The molecule has 5 rings (SSSR count). The van der Waals surface area contributed by atoms with Crippen LogP contribution in [0.3, 0.4) is 0 Å². The summed E-state index contributed by atoms with van der Waals surface area (Å²) in [6, 6.07) is 19.7. The van der Waals surface area contributed by atoms with Gasteiger partial charge in [-0.15, -0.1) is 0 Å². The molecule has 6 nitrogen and oxygen atoms in total. The van der Waals surface area contributed by atoms with Crippen molar-refractivity contribution in [3.05, 3.63) is 94.4 Å². The Morgan fingerprint density at radius 1 is 1.14 bits per heavy atom. The lowest BCUT2D eigenvalue weighted by molar-refractivity contribution is 0.0944. The number of benzene rings is 2. The maximum Gasteiger partial charge on any atom is 0.270 e. The van der Waals surface area contributed by atoms with Crippen molar-refractivity contribution >= 4 is 28.8 Å². The van der Waals surface area contributed by atoms with Gasteiger partial charge in [-0.1, -0.05) is 42.8 Å². The van der Waals surface area contributed by atoms with Gasteiger partial charge in [-0.2, -0.15) is 0 Å². The zero-order valence-corrected chi connectivity index (χ0v) is 21.5. The van der Waals surface area contributed by atoms with E-state index in [-0.39, 0.29) is 5.91 Å². The van der Waals surface area contributed by atoms with Gasteiger partial charge in [0.15, 0.2) is 0 Å². The lowest BCUT2D eigenvalue weighted by Crippen LogP contribution is -2.33. The summed E-state index contributed by atoms with van der Waals surface area (Å²) >= 11 is 6.17. The van der Waals surface area contributed by atoms with Gasteiger partial charge in [0.05, 0.1) is 10.7 Å². The maximum absolute atomic E-state index is 13.1. The van der Waals surface area contributed by atoms with Gasteiger partial charge in [0.25, 0.3) is 5.91 Å². The van der Waals surface area contributed by atoms with E-state index < -0.39 is 6.86 Å². The number of halogens is 2. The van der Waals surface area contributed by atoms with Crippen LogP contribution in [0.25, 0.3) is 5.65 Å². The van der Waals surface area contributed by atoms with E-state index in [9.17, 15) is 9.18 Å². The molecule has 0 spiro atoms. The van der Waals surface area contributed by atoms with E-state index in [1.807, 2.05) is 49.4 Å². The van der Waals surface area contributed by atoms with E-state index in [1.165, 1.54) is 5.56 Å². The molecule has 192 valence electrons. The Morgan fingerprint density at radius 2 is 1.92 bits per heavy atom. The number of carbonyl (C=O) groups excluding carboxylic acids is 1. The number of fused-ring (bicyclic) bond motifs is 1. The molecule has 0 bridgehead atoms. The van der Waals surface area contributed by atoms with Gasteiger partial charge in [-0.25, -0.2) is 9.37 Å². The van der Waals surface area contributed by atoms with Crippen molar-refractivity contribution < 1.29 is 13.9 Å². The van der Waals surface area contributed by atoms with Crippen LogP contribution in [0.1, 0.15) is 53.0 Å². The maximum atomic E-state index is 13.1. The Morgan fingerprint density at radius 3 is 2.65 bits per heavy atom. The molecule has 0 atom stereocenters. The Balaban J connectivity index is 1.21. The number of hydrogen-bond donors (Lipinski definition) is 1. The molecule has 3 heterocycles. The van der Waals surface area contributed by atoms with Crippen LogP contribution in [-0.2, 0) is 13.0 Å². The Hall–Kier alpha value is -3.58. The molecule has 2 aromatic carbocycles. The molecule has 1 N–H and O–H groups in total. The summed E-state index contributed by atoms with van der Waals surface area (Å²) in [5.74, 6) is 0.870. The molecule has 8 heteroatoms. The quantitative estimate of drug-likeness (QED) is 0.302. The van der Waals surface area contributed by atoms with Crippen LogP contribution in [0.5, 0.6) is 5.75 Å². The minimum absolute atomic E-state index is 0.166. The first-order chi connectivity index (χ1) is 18.1. The van der Waals surface area contributed by atoms with Gasteiger partial charge in [0, 0.05) is 31.5 Å². The van der Waals surface area contributed by atoms with Crippen LogP contribution in [0, 0.1) is 0 Å². The summed E-state index contributed by atoms with van der Waals surface area (Å²) in [6.45, 7) is 3.50. The third-order valence-electron chi connectivity index (χ3n) is 7.00. The molecule has 2 aromatic heterocycles. The first kappa shape index (κ1) is 25.1. The lowest BCUT2D eigenvalue weighted by Gasteiger charge is -2.34. The molecule has 1 saturated heterocycles. The number of hydrogen-bond acceptors (Lipinski definition) is 4. The lowest BCUT2D eigenvalue weighted by atomic mass is 9.89. The van der Waals surface area contributed by atoms with Gasteiger partial charge in [-0.05, 0) is 72.7 Å². The largest absolute Gasteiger partial charge is 0.463 e. The second-order valence-electron chi connectivity index (χ2n) is 9.27. The van der Waals surface area contributed by atoms with Crippen LogP contribution < -0.4 is 15.0 Å². The summed E-state index contributed by atoms with van der Waals surface area (Å²) in [4.78, 5) is 20.1. The van der Waals surface area contributed by atoms with Crippen molar-refractivity contribution in [3.63, 3.8) is 0 Å². The number of rotatable bonds is 8. The fraction of sp³-hybridized carbons (Fsp3) is 0.310. The summed E-state index contributed by atoms with van der Waals surface area (Å²) in [6.07, 6.45) is 4.47. The molecular formula is C29H30ClFN4O2. The second kappa shape index (κ2) is 11.2. The minimum atomic E-state index is -0.810. The highest BCUT2D eigenvalue weighted by Gasteiger charge is 2.22. The summed E-state index contributed by atoms with van der Waals surface area (Å²) < 4.78 is 19.0. The van der Waals surface area contributed by atoms with Crippen molar-refractivity contribution in [1.29, 1.82) is 0 Å². The number of carbonyl (C=O) groups is 1. The number of nitrogens with zero attached hydrogens (tertiary/aromatic N) is 3. The highest BCUT2D eigenvalue weighted by molar-refractivity contribution is 6.30. The van der Waals surface area contributed by atoms with E-state index in [0.717, 1.165) is 42.9 Å². The van der Waals surface area contributed by atoms with Crippen LogP contribution in [0.4, 0.5) is 10.1 Å². The first-order valence-electron chi connectivity index (χ1n) is 12.6. The fourth-order valence-electron chi connectivity index (χ4n) is 5.05. The average molecular weight is 521 g/mol. The van der Waals surface area contributed by atoms with E-state index in [4.69, 9.17) is 16.3 Å². The standard InChI is InChI=1S/C29H30ClFN4O2/c1-2-26-28(35-18-23(30)8-11-27(35)33-26)29(36)32-17-20-4-3-5-24(16-20)34-14-12-22(13-15-34)21-6-9-25(10-7-21)37-19-31/h3-11,16,18,22H,2,12-15,17,19H2,1H3,(H,32,36). The normalized spacial score (nSPS) is 14.2. The summed E-state index contributed by atoms with van der Waals surface area (Å²) in [5, 5.41) is 3.62. The van der Waals surface area contributed by atoms with Crippen molar-refractivity contribution in [2.75, 3.05) is 24.9 Å². The van der Waals surface area contributed by atoms with Gasteiger partial charge >= 0.3 is 0 Å². The van der Waals surface area contributed by atoms with Crippen LogP contribution in [0.15, 0.2) is 66.9 Å². The third kappa shape index (κ3) is 5.57. The zero-order valence-electron chi connectivity index (χ0n) is 20.8. The number of aromatic nitrogens is 2. The van der Waals surface area contributed by atoms with Crippen LogP contribution >= 0.6 is 11.6 Å². The number of pyridine rings is 1. The van der Waals surface area contributed by atoms with Crippen molar-refractivity contribution in [3.8, 4) is 5.75 Å². The molecule has 1 aliphatic heterocycles. The SMILES string of the molecule is CCc1nc2ccc(Cl)cn2c1C(=O)NCc1cccc(N2CCC(c3ccc(OCF)cc3)CC2)c1. The molecule has 0 saturated carbocycles. The number of ether oxygens (including phenoxy) is 1. The van der Waals surface area contributed by atoms with E-state index in [2.05, 4.69) is 27.3 Å². The average Bonchev–Trinajstić information content (AvgIpc) is 3.30.